The fourth-order valence-electron chi connectivity index (χ4n) is 9.45. The van der Waals surface area contributed by atoms with Crippen molar-refractivity contribution >= 4 is 65.4 Å². The number of hydrogen-bond donors (Lipinski definition) is 0. The summed E-state index contributed by atoms with van der Waals surface area (Å²) in [5.41, 5.74) is 13.1. The van der Waals surface area contributed by atoms with E-state index in [1.165, 1.54) is 0 Å². The SMILES string of the molecule is N#Cc1cc(-c2cc(-n3c4ccccc4c4ccccc43)cc(-c3cc(C#N)cc(-n4c5ccccc5c5ccccc54)c3)n2)cc(-n2c3ccccc3c3ccccc32)c1. The number of rotatable bonds is 5. The molecule has 6 nitrogen and oxygen atoms in total. The lowest BCUT2D eigenvalue weighted by Crippen LogP contribution is -2.01. The van der Waals surface area contributed by atoms with E-state index < -0.39 is 0 Å². The average molecular weight is 777 g/mol. The molecule has 0 atom stereocenters. The summed E-state index contributed by atoms with van der Waals surface area (Å²) in [5, 5.41) is 28.0. The Morgan fingerprint density at radius 1 is 0.311 bits per heavy atom. The number of fused-ring (bicyclic) bond motifs is 9. The molecular formula is C55H32N6. The Kier molecular flexibility index (Phi) is 7.56. The van der Waals surface area contributed by atoms with Crippen LogP contribution in [0.15, 0.2) is 194 Å². The largest absolute Gasteiger partial charge is 0.309 e. The molecule has 0 bridgehead atoms. The number of aromatic nitrogens is 4. The summed E-state index contributed by atoms with van der Waals surface area (Å²) in [4.78, 5) is 5.44. The van der Waals surface area contributed by atoms with Crippen molar-refractivity contribution in [2.24, 2.45) is 0 Å². The Bertz CT molecular complexity index is 3510. The topological polar surface area (TPSA) is 75.3 Å². The molecule has 0 aliphatic heterocycles. The molecule has 0 aliphatic carbocycles. The zero-order chi connectivity index (χ0) is 40.6. The van der Waals surface area contributed by atoms with Crippen LogP contribution in [0.5, 0.6) is 0 Å². The monoisotopic (exact) mass is 776 g/mol. The molecule has 0 saturated heterocycles. The van der Waals surface area contributed by atoms with Crippen LogP contribution in [0.3, 0.4) is 0 Å². The van der Waals surface area contributed by atoms with Crippen molar-refractivity contribution in [1.82, 2.24) is 18.7 Å². The van der Waals surface area contributed by atoms with Gasteiger partial charge in [0.2, 0.25) is 0 Å². The number of pyridine rings is 1. The van der Waals surface area contributed by atoms with Crippen molar-refractivity contribution in [3.05, 3.63) is 205 Å². The van der Waals surface area contributed by atoms with E-state index in [9.17, 15) is 10.5 Å². The van der Waals surface area contributed by atoms with Gasteiger partial charge in [-0.05, 0) is 84.9 Å². The van der Waals surface area contributed by atoms with Crippen LogP contribution in [0, 0.1) is 22.7 Å². The minimum absolute atomic E-state index is 0.528. The van der Waals surface area contributed by atoms with Crippen LogP contribution in [0.1, 0.15) is 11.1 Å². The highest BCUT2D eigenvalue weighted by Gasteiger charge is 2.19. The third kappa shape index (κ3) is 5.30. The minimum atomic E-state index is 0.528. The van der Waals surface area contributed by atoms with Crippen molar-refractivity contribution in [2.45, 2.75) is 0 Å². The third-order valence-corrected chi connectivity index (χ3v) is 12.0. The maximum atomic E-state index is 10.5. The van der Waals surface area contributed by atoms with Crippen LogP contribution >= 0.6 is 0 Å². The van der Waals surface area contributed by atoms with E-state index in [1.54, 1.807) is 0 Å². The van der Waals surface area contributed by atoms with E-state index in [0.717, 1.165) is 93.6 Å². The molecule has 6 heteroatoms. The van der Waals surface area contributed by atoms with Crippen molar-refractivity contribution in [2.75, 3.05) is 0 Å². The van der Waals surface area contributed by atoms with Crippen molar-refractivity contribution in [3.63, 3.8) is 0 Å². The predicted molar refractivity (Wildman–Crippen MR) is 248 cm³/mol. The van der Waals surface area contributed by atoms with Gasteiger partial charge in [-0.3, -0.25) is 0 Å². The lowest BCUT2D eigenvalue weighted by Gasteiger charge is -2.16. The zero-order valence-corrected chi connectivity index (χ0v) is 32.7. The summed E-state index contributed by atoms with van der Waals surface area (Å²) in [6, 6.07) is 71.7. The summed E-state index contributed by atoms with van der Waals surface area (Å²) in [7, 11) is 0. The second kappa shape index (κ2) is 13.4. The van der Waals surface area contributed by atoms with Crippen LogP contribution in [0.25, 0.3) is 105 Å². The number of hydrogen-bond acceptors (Lipinski definition) is 3. The lowest BCUT2D eigenvalue weighted by molar-refractivity contribution is 1.15. The molecule has 12 aromatic rings. The van der Waals surface area contributed by atoms with Gasteiger partial charge in [0, 0.05) is 54.8 Å². The van der Waals surface area contributed by atoms with E-state index in [2.05, 4.69) is 196 Å². The van der Waals surface area contributed by atoms with Gasteiger partial charge in [0.15, 0.2) is 0 Å². The van der Waals surface area contributed by atoms with E-state index in [1.807, 2.05) is 24.3 Å². The first-order valence-corrected chi connectivity index (χ1v) is 20.2. The van der Waals surface area contributed by atoms with Gasteiger partial charge in [-0.1, -0.05) is 109 Å². The second-order valence-corrected chi connectivity index (χ2v) is 15.5. The fourth-order valence-corrected chi connectivity index (χ4v) is 9.45. The van der Waals surface area contributed by atoms with Crippen LogP contribution < -0.4 is 0 Å². The predicted octanol–water partition coefficient (Wildman–Crippen LogP) is 13.5. The molecule has 12 rings (SSSR count). The zero-order valence-electron chi connectivity index (χ0n) is 32.7. The summed E-state index contributed by atoms with van der Waals surface area (Å²) < 4.78 is 6.77. The first kappa shape index (κ1) is 34.3. The average Bonchev–Trinajstić information content (AvgIpc) is 3.97. The molecule has 282 valence electrons. The summed E-state index contributed by atoms with van der Waals surface area (Å²) >= 11 is 0. The fraction of sp³-hybridized carbons (Fsp3) is 0. The molecule has 0 saturated carbocycles. The van der Waals surface area contributed by atoms with Crippen LogP contribution in [0.4, 0.5) is 0 Å². The molecule has 4 aromatic heterocycles. The molecule has 0 aliphatic rings. The van der Waals surface area contributed by atoms with Crippen molar-refractivity contribution < 1.29 is 0 Å². The van der Waals surface area contributed by atoms with Gasteiger partial charge < -0.3 is 13.7 Å². The summed E-state index contributed by atoms with van der Waals surface area (Å²) in [6.07, 6.45) is 0. The maximum Gasteiger partial charge on any atom is 0.0992 e. The molecule has 0 fully saturated rings. The van der Waals surface area contributed by atoms with Gasteiger partial charge >= 0.3 is 0 Å². The highest BCUT2D eigenvalue weighted by Crippen LogP contribution is 2.39. The quantitative estimate of drug-likeness (QED) is 0.175. The smallest absolute Gasteiger partial charge is 0.0992 e. The van der Waals surface area contributed by atoms with Gasteiger partial charge in [0.25, 0.3) is 0 Å². The van der Waals surface area contributed by atoms with Crippen LogP contribution in [0.2, 0.25) is 0 Å². The van der Waals surface area contributed by atoms with Gasteiger partial charge in [-0.2, -0.15) is 10.5 Å². The Morgan fingerprint density at radius 3 is 0.852 bits per heavy atom. The lowest BCUT2D eigenvalue weighted by atomic mass is 10.0. The molecule has 0 amide bonds. The molecule has 4 heterocycles. The number of nitriles is 2. The summed E-state index contributed by atoms with van der Waals surface area (Å²) in [5.74, 6) is 0. The first-order valence-electron chi connectivity index (χ1n) is 20.2. The first-order chi connectivity index (χ1) is 30.1. The van der Waals surface area contributed by atoms with Crippen molar-refractivity contribution in [1.29, 1.82) is 10.5 Å². The normalized spacial score (nSPS) is 11.6. The molecule has 0 N–H and O–H groups in total. The van der Waals surface area contributed by atoms with Gasteiger partial charge in [0.1, 0.15) is 0 Å². The highest BCUT2D eigenvalue weighted by atomic mass is 15.0. The third-order valence-electron chi connectivity index (χ3n) is 12.0. The Morgan fingerprint density at radius 2 is 0.574 bits per heavy atom. The van der Waals surface area contributed by atoms with E-state index in [4.69, 9.17) is 4.98 Å². The molecule has 0 radical (unpaired) electrons. The van der Waals surface area contributed by atoms with Gasteiger partial charge in [0.05, 0.1) is 73.4 Å². The minimum Gasteiger partial charge on any atom is -0.309 e. The van der Waals surface area contributed by atoms with Gasteiger partial charge in [-0.25, -0.2) is 4.98 Å². The molecule has 8 aromatic carbocycles. The Balaban J connectivity index is 1.14. The number of benzene rings is 8. The van der Waals surface area contributed by atoms with E-state index in [-0.39, 0.29) is 0 Å². The standard InChI is InChI=1S/C55H32N6/c56-33-35-25-37(29-39(27-35)59-50-19-7-1-13-42(50)43-14-2-8-20-51(43)59)48-31-41(61-54-23-11-5-17-46(54)47-18-6-12-24-55(47)61)32-49(58-48)38-26-36(34-57)28-40(30-38)60-52-21-9-3-15-44(52)45-16-4-10-22-53(45)60/h1-32H. The highest BCUT2D eigenvalue weighted by molar-refractivity contribution is 6.11. The maximum absolute atomic E-state index is 10.5. The molecule has 0 unspecified atom stereocenters. The van der Waals surface area contributed by atoms with Crippen LogP contribution in [-0.4, -0.2) is 18.7 Å². The van der Waals surface area contributed by atoms with Crippen molar-refractivity contribution in [3.8, 4) is 51.7 Å². The Hall–Kier alpha value is -8.71. The van der Waals surface area contributed by atoms with E-state index >= 15 is 0 Å². The van der Waals surface area contributed by atoms with Gasteiger partial charge in [-0.15, -0.1) is 0 Å². The van der Waals surface area contributed by atoms with E-state index in [0.29, 0.717) is 22.5 Å². The summed E-state index contributed by atoms with van der Waals surface area (Å²) in [6.45, 7) is 0. The number of para-hydroxylation sites is 6. The molecule has 0 spiro atoms. The Labute approximate surface area is 350 Å². The molecular weight excluding hydrogens is 745 g/mol. The number of nitrogens with zero attached hydrogens (tertiary/aromatic N) is 6. The molecule has 61 heavy (non-hydrogen) atoms. The van der Waals surface area contributed by atoms with Crippen LogP contribution in [-0.2, 0) is 0 Å². The second-order valence-electron chi connectivity index (χ2n) is 15.5.